The lowest BCUT2D eigenvalue weighted by atomic mass is 10.1. The van der Waals surface area contributed by atoms with Crippen LogP contribution in [0.1, 0.15) is 25.0 Å². The van der Waals surface area contributed by atoms with E-state index in [9.17, 15) is 17.6 Å². The molecule has 0 saturated carbocycles. The first-order chi connectivity index (χ1) is 14.1. The molecule has 0 unspecified atom stereocenters. The van der Waals surface area contributed by atoms with E-state index in [-0.39, 0.29) is 29.9 Å². The Balaban J connectivity index is 1.96. The average Bonchev–Trinajstić information content (AvgIpc) is 3.01. The summed E-state index contributed by atoms with van der Waals surface area (Å²) in [6.45, 7) is 4.14. The van der Waals surface area contributed by atoms with Crippen LogP contribution in [0.4, 0.5) is 10.1 Å². The zero-order valence-electron chi connectivity index (χ0n) is 17.8. The summed E-state index contributed by atoms with van der Waals surface area (Å²) >= 11 is 0. The summed E-state index contributed by atoms with van der Waals surface area (Å²) in [6, 6.07) is 11.1. The Hall–Kier alpha value is -2.29. The van der Waals surface area contributed by atoms with Gasteiger partial charge in [0.05, 0.1) is 4.90 Å². The number of sulfonamides is 1. The van der Waals surface area contributed by atoms with Gasteiger partial charge in [0, 0.05) is 43.9 Å². The van der Waals surface area contributed by atoms with E-state index in [1.807, 2.05) is 25.9 Å². The fourth-order valence-electron chi connectivity index (χ4n) is 3.81. The van der Waals surface area contributed by atoms with E-state index in [0.29, 0.717) is 18.5 Å². The van der Waals surface area contributed by atoms with Gasteiger partial charge in [0.15, 0.2) is 0 Å². The van der Waals surface area contributed by atoms with Crippen LogP contribution in [0.15, 0.2) is 47.4 Å². The third kappa shape index (κ3) is 4.55. The molecule has 1 atom stereocenters. The third-order valence-electron chi connectivity index (χ3n) is 5.34. The van der Waals surface area contributed by atoms with E-state index in [1.165, 1.54) is 23.4 Å². The number of hydrogen-bond acceptors (Lipinski definition) is 4. The predicted molar refractivity (Wildman–Crippen MR) is 115 cm³/mol. The molecule has 0 aliphatic carbocycles. The molecule has 2 aromatic carbocycles. The lowest BCUT2D eigenvalue weighted by molar-refractivity contribution is -0.116. The fourth-order valence-corrected chi connectivity index (χ4v) is 5.27. The maximum atomic E-state index is 14.2. The van der Waals surface area contributed by atoms with Crippen LogP contribution >= 0.6 is 0 Å². The van der Waals surface area contributed by atoms with Gasteiger partial charge in [-0.3, -0.25) is 4.79 Å². The van der Waals surface area contributed by atoms with Crippen molar-refractivity contribution < 1.29 is 17.6 Å². The molecule has 2 aromatic rings. The number of amides is 1. The van der Waals surface area contributed by atoms with Gasteiger partial charge < -0.3 is 9.80 Å². The normalized spacial score (nSPS) is 16.4. The highest BCUT2D eigenvalue weighted by Gasteiger charge is 2.32. The average molecular weight is 434 g/mol. The van der Waals surface area contributed by atoms with Crippen molar-refractivity contribution in [2.75, 3.05) is 32.1 Å². The zero-order chi connectivity index (χ0) is 22.1. The van der Waals surface area contributed by atoms with Gasteiger partial charge in [0.1, 0.15) is 5.82 Å². The summed E-state index contributed by atoms with van der Waals surface area (Å²) in [5.41, 5.74) is 1.91. The van der Waals surface area contributed by atoms with Crippen LogP contribution < -0.4 is 4.90 Å². The minimum atomic E-state index is -3.85. The molecule has 8 heteroatoms. The Bertz CT molecular complexity index is 1040. The summed E-state index contributed by atoms with van der Waals surface area (Å²) in [5.74, 6) is -0.494. The molecule has 1 amide bonds. The molecule has 6 nitrogen and oxygen atoms in total. The first-order valence-electron chi connectivity index (χ1n) is 9.92. The van der Waals surface area contributed by atoms with Crippen molar-refractivity contribution in [2.24, 2.45) is 0 Å². The fraction of sp³-hybridized carbons (Fsp3) is 0.409. The van der Waals surface area contributed by atoms with E-state index >= 15 is 0 Å². The van der Waals surface area contributed by atoms with Crippen molar-refractivity contribution in [1.29, 1.82) is 0 Å². The minimum absolute atomic E-state index is 0.0151. The molecule has 0 aromatic heterocycles. The van der Waals surface area contributed by atoms with Crippen LogP contribution in [0.2, 0.25) is 0 Å². The smallest absolute Gasteiger partial charge is 0.243 e. The number of anilines is 1. The first-order valence-corrected chi connectivity index (χ1v) is 11.4. The Morgan fingerprint density at radius 3 is 2.50 bits per heavy atom. The summed E-state index contributed by atoms with van der Waals surface area (Å²) in [5, 5.41) is 0. The van der Waals surface area contributed by atoms with Gasteiger partial charge in [0.2, 0.25) is 15.9 Å². The summed E-state index contributed by atoms with van der Waals surface area (Å²) in [7, 11) is -0.128. The standard InChI is InChI=1S/C22H28FN3O3S/c1-16-13-19-14-20(9-10-22(19)26(16)17(2)27)30(28,29)25(12-11-24(3)4)15-18-7-5-6-8-21(18)23/h5-10,14,16H,11-13,15H2,1-4H3/t16-/m1/s1. The van der Waals surface area contributed by atoms with Crippen molar-refractivity contribution in [1.82, 2.24) is 9.21 Å². The predicted octanol–water partition coefficient (Wildman–Crippen LogP) is 2.88. The summed E-state index contributed by atoms with van der Waals surface area (Å²) < 4.78 is 42.4. The summed E-state index contributed by atoms with van der Waals surface area (Å²) in [4.78, 5) is 15.7. The topological polar surface area (TPSA) is 60.9 Å². The molecule has 0 fully saturated rings. The molecule has 0 radical (unpaired) electrons. The van der Waals surface area contributed by atoms with Gasteiger partial charge in [-0.15, -0.1) is 0 Å². The second kappa shape index (κ2) is 8.83. The van der Waals surface area contributed by atoms with Crippen LogP contribution in [0.3, 0.4) is 0 Å². The van der Waals surface area contributed by atoms with Gasteiger partial charge >= 0.3 is 0 Å². The van der Waals surface area contributed by atoms with Gasteiger partial charge in [-0.1, -0.05) is 18.2 Å². The van der Waals surface area contributed by atoms with Crippen LogP contribution in [-0.4, -0.2) is 56.8 Å². The largest absolute Gasteiger partial charge is 0.309 e. The molecular formula is C22H28FN3O3S. The Morgan fingerprint density at radius 2 is 1.87 bits per heavy atom. The molecule has 162 valence electrons. The number of nitrogens with zero attached hydrogens (tertiary/aromatic N) is 3. The number of halogens is 1. The molecule has 30 heavy (non-hydrogen) atoms. The van der Waals surface area contributed by atoms with Crippen molar-refractivity contribution in [3.63, 3.8) is 0 Å². The van der Waals surface area contributed by atoms with Crippen molar-refractivity contribution in [2.45, 2.75) is 37.8 Å². The van der Waals surface area contributed by atoms with Crippen LogP contribution in [0.25, 0.3) is 0 Å². The van der Waals surface area contributed by atoms with Crippen LogP contribution in [0.5, 0.6) is 0 Å². The molecule has 1 aliphatic rings. The number of likely N-dealkylation sites (N-methyl/N-ethyl adjacent to an activating group) is 1. The Morgan fingerprint density at radius 1 is 1.17 bits per heavy atom. The number of carbonyl (C=O) groups excluding carboxylic acids is 1. The third-order valence-corrected chi connectivity index (χ3v) is 7.19. The van der Waals surface area contributed by atoms with Gasteiger partial charge in [-0.05, 0) is 57.3 Å². The SMILES string of the molecule is CC(=O)N1c2ccc(S(=O)(=O)N(CCN(C)C)Cc3ccccc3F)cc2C[C@H]1C. The monoisotopic (exact) mass is 433 g/mol. The summed E-state index contributed by atoms with van der Waals surface area (Å²) in [6.07, 6.45) is 0.600. The molecular weight excluding hydrogens is 405 g/mol. The molecule has 0 spiro atoms. The Labute approximate surface area is 177 Å². The molecule has 3 rings (SSSR count). The van der Waals surface area contributed by atoms with Crippen LogP contribution in [0, 0.1) is 5.82 Å². The maximum absolute atomic E-state index is 14.2. The highest BCUT2D eigenvalue weighted by Crippen LogP contribution is 2.34. The second-order valence-electron chi connectivity index (χ2n) is 7.97. The van der Waals surface area contributed by atoms with Crippen LogP contribution in [-0.2, 0) is 27.8 Å². The number of rotatable bonds is 7. The van der Waals surface area contributed by atoms with E-state index in [0.717, 1.165) is 11.3 Å². The number of fused-ring (bicyclic) bond motifs is 1. The number of hydrogen-bond donors (Lipinski definition) is 0. The molecule has 0 bridgehead atoms. The van der Waals surface area contributed by atoms with E-state index < -0.39 is 15.8 Å². The van der Waals surface area contributed by atoms with E-state index in [4.69, 9.17) is 0 Å². The molecule has 1 aliphatic heterocycles. The Kier molecular flexibility index (Phi) is 6.59. The minimum Gasteiger partial charge on any atom is -0.309 e. The van der Waals surface area contributed by atoms with Crippen molar-refractivity contribution in [3.05, 3.63) is 59.4 Å². The molecule has 1 heterocycles. The highest BCUT2D eigenvalue weighted by atomic mass is 32.2. The van der Waals surface area contributed by atoms with Crippen molar-refractivity contribution >= 4 is 21.6 Å². The lowest BCUT2D eigenvalue weighted by Gasteiger charge is -2.25. The quantitative estimate of drug-likeness (QED) is 0.674. The number of carbonyl (C=O) groups is 1. The molecule has 0 saturated heterocycles. The van der Waals surface area contributed by atoms with Crippen molar-refractivity contribution in [3.8, 4) is 0 Å². The van der Waals surface area contributed by atoms with Gasteiger partial charge in [-0.25, -0.2) is 12.8 Å². The zero-order valence-corrected chi connectivity index (χ0v) is 18.6. The first kappa shape index (κ1) is 22.4. The lowest BCUT2D eigenvalue weighted by Crippen LogP contribution is -2.36. The number of benzene rings is 2. The maximum Gasteiger partial charge on any atom is 0.243 e. The molecule has 0 N–H and O–H groups in total. The second-order valence-corrected chi connectivity index (χ2v) is 9.90. The van der Waals surface area contributed by atoms with Gasteiger partial charge in [0.25, 0.3) is 0 Å². The van der Waals surface area contributed by atoms with E-state index in [1.54, 1.807) is 35.2 Å². The highest BCUT2D eigenvalue weighted by molar-refractivity contribution is 7.89. The van der Waals surface area contributed by atoms with Gasteiger partial charge in [-0.2, -0.15) is 4.31 Å². The van der Waals surface area contributed by atoms with E-state index in [2.05, 4.69) is 0 Å².